The van der Waals surface area contributed by atoms with Crippen LogP contribution in [0.5, 0.6) is 0 Å². The van der Waals surface area contributed by atoms with Crippen LogP contribution < -0.4 is 16.2 Å². The van der Waals surface area contributed by atoms with E-state index in [1.165, 1.54) is 0 Å². The molecule has 3 rings (SSSR count). The molecule has 34 heavy (non-hydrogen) atoms. The number of nitrogens with zero attached hydrogens (tertiary/aromatic N) is 2. The van der Waals surface area contributed by atoms with Crippen molar-refractivity contribution < 1.29 is 19.2 Å². The molecule has 0 aromatic heterocycles. The number of hydrazine groups is 1. The molecule has 2 aliphatic heterocycles. The van der Waals surface area contributed by atoms with Gasteiger partial charge in [-0.05, 0) is 50.7 Å². The lowest BCUT2D eigenvalue weighted by atomic mass is 10.1. The molecule has 2 heterocycles. The molecule has 2 saturated heterocycles. The number of carbonyl (C=O) groups is 4. The zero-order valence-corrected chi connectivity index (χ0v) is 19.6. The highest BCUT2D eigenvalue weighted by Crippen LogP contribution is 2.20. The van der Waals surface area contributed by atoms with E-state index in [9.17, 15) is 19.2 Å². The Morgan fingerprint density at radius 2 is 1.68 bits per heavy atom. The van der Waals surface area contributed by atoms with Crippen molar-refractivity contribution in [1.29, 1.82) is 0 Å². The predicted molar refractivity (Wildman–Crippen MR) is 129 cm³/mol. The van der Waals surface area contributed by atoms with Gasteiger partial charge in [0.15, 0.2) is 0 Å². The standard InChI is InChI=1S/C25H35N5O4/c1-2-10-20(24(33)28-27-19-11-5-3-6-12-19)26-25(34)21-13-9-18-30(21)23(32)15-14-22(31)29-16-7-4-8-17-29/h2-3,5-6,11-12,20-21,27H,1,4,7-10,13-18H2,(H,26,34)(H,28,33)/t20-,21+/m1/s1. The molecular formula is C25H35N5O4. The van der Waals surface area contributed by atoms with E-state index in [4.69, 9.17) is 0 Å². The van der Waals surface area contributed by atoms with Crippen molar-refractivity contribution in [2.24, 2.45) is 0 Å². The van der Waals surface area contributed by atoms with Gasteiger partial charge in [0.2, 0.25) is 17.7 Å². The first-order valence-electron chi connectivity index (χ1n) is 12.1. The number of amides is 4. The minimum atomic E-state index is -0.820. The van der Waals surface area contributed by atoms with Gasteiger partial charge in [0, 0.05) is 32.5 Å². The average molecular weight is 470 g/mol. The summed E-state index contributed by atoms with van der Waals surface area (Å²) < 4.78 is 0. The summed E-state index contributed by atoms with van der Waals surface area (Å²) in [4.78, 5) is 54.2. The van der Waals surface area contributed by atoms with E-state index in [0.717, 1.165) is 32.4 Å². The first-order chi connectivity index (χ1) is 16.5. The summed E-state index contributed by atoms with van der Waals surface area (Å²) in [6, 6.07) is 7.69. The summed E-state index contributed by atoms with van der Waals surface area (Å²) in [5.41, 5.74) is 6.14. The van der Waals surface area contributed by atoms with Crippen molar-refractivity contribution in [3.05, 3.63) is 43.0 Å². The monoisotopic (exact) mass is 469 g/mol. The molecule has 2 fully saturated rings. The fourth-order valence-electron chi connectivity index (χ4n) is 4.41. The molecule has 0 unspecified atom stereocenters. The number of benzene rings is 1. The van der Waals surface area contributed by atoms with Gasteiger partial charge in [0.05, 0.1) is 5.69 Å². The topological polar surface area (TPSA) is 111 Å². The van der Waals surface area contributed by atoms with Crippen LogP contribution in [0, 0.1) is 0 Å². The van der Waals surface area contributed by atoms with Gasteiger partial charge in [-0.3, -0.25) is 30.0 Å². The van der Waals surface area contributed by atoms with E-state index in [0.29, 0.717) is 25.1 Å². The van der Waals surface area contributed by atoms with Gasteiger partial charge < -0.3 is 15.1 Å². The van der Waals surface area contributed by atoms with Gasteiger partial charge >= 0.3 is 0 Å². The zero-order chi connectivity index (χ0) is 24.3. The highest BCUT2D eigenvalue weighted by molar-refractivity contribution is 5.93. The quantitative estimate of drug-likeness (QED) is 0.358. The van der Waals surface area contributed by atoms with E-state index in [2.05, 4.69) is 22.7 Å². The molecule has 0 saturated carbocycles. The van der Waals surface area contributed by atoms with Crippen molar-refractivity contribution in [2.75, 3.05) is 25.1 Å². The minimum absolute atomic E-state index is 0.00174. The van der Waals surface area contributed by atoms with E-state index in [-0.39, 0.29) is 37.0 Å². The number of likely N-dealkylation sites (tertiary alicyclic amines) is 2. The van der Waals surface area contributed by atoms with Crippen LogP contribution in [0.1, 0.15) is 51.4 Å². The lowest BCUT2D eigenvalue weighted by Crippen LogP contribution is -2.53. The van der Waals surface area contributed by atoms with Gasteiger partial charge in [-0.2, -0.15) is 0 Å². The molecule has 2 aliphatic rings. The smallest absolute Gasteiger partial charge is 0.261 e. The van der Waals surface area contributed by atoms with Crippen LogP contribution in [0.25, 0.3) is 0 Å². The highest BCUT2D eigenvalue weighted by atomic mass is 16.2. The Kier molecular flexibility index (Phi) is 9.49. The number of anilines is 1. The van der Waals surface area contributed by atoms with E-state index in [1.807, 2.05) is 23.1 Å². The molecule has 1 aromatic carbocycles. The Bertz CT molecular complexity index is 869. The Labute approximate surface area is 200 Å². The molecular weight excluding hydrogens is 434 g/mol. The van der Waals surface area contributed by atoms with Crippen LogP contribution in [0.15, 0.2) is 43.0 Å². The predicted octanol–water partition coefficient (Wildman–Crippen LogP) is 1.97. The van der Waals surface area contributed by atoms with Crippen molar-refractivity contribution in [2.45, 2.75) is 63.5 Å². The van der Waals surface area contributed by atoms with E-state index in [1.54, 1.807) is 23.1 Å². The molecule has 3 N–H and O–H groups in total. The molecule has 0 aliphatic carbocycles. The second kappa shape index (κ2) is 12.8. The molecule has 0 spiro atoms. The number of para-hydroxylation sites is 1. The Morgan fingerprint density at radius 1 is 0.971 bits per heavy atom. The van der Waals surface area contributed by atoms with Crippen molar-refractivity contribution in [1.82, 2.24) is 20.5 Å². The van der Waals surface area contributed by atoms with Crippen LogP contribution in [-0.2, 0) is 19.2 Å². The summed E-state index contributed by atoms with van der Waals surface area (Å²) in [5.74, 6) is -0.963. The number of rotatable bonds is 10. The lowest BCUT2D eigenvalue weighted by Gasteiger charge is -2.28. The van der Waals surface area contributed by atoms with Gasteiger partial charge in [0.25, 0.3) is 5.91 Å². The highest BCUT2D eigenvalue weighted by Gasteiger charge is 2.35. The number of nitrogens with one attached hydrogen (secondary N) is 3. The van der Waals surface area contributed by atoms with Crippen LogP contribution in [0.2, 0.25) is 0 Å². The van der Waals surface area contributed by atoms with E-state index >= 15 is 0 Å². The summed E-state index contributed by atoms with van der Waals surface area (Å²) in [6.45, 7) is 5.67. The first kappa shape index (κ1) is 25.3. The Hall–Kier alpha value is -3.36. The maximum atomic E-state index is 13.0. The Balaban J connectivity index is 1.51. The number of carbonyl (C=O) groups excluding carboxylic acids is 4. The molecule has 184 valence electrons. The third kappa shape index (κ3) is 7.07. The molecule has 0 bridgehead atoms. The summed E-state index contributed by atoms with van der Waals surface area (Å²) in [7, 11) is 0. The van der Waals surface area contributed by atoms with Gasteiger partial charge in [-0.15, -0.1) is 6.58 Å². The summed E-state index contributed by atoms with van der Waals surface area (Å²) in [6.07, 6.45) is 6.46. The second-order valence-corrected chi connectivity index (χ2v) is 8.75. The third-order valence-corrected chi connectivity index (χ3v) is 6.28. The number of piperidine rings is 1. The minimum Gasteiger partial charge on any atom is -0.343 e. The Morgan fingerprint density at radius 3 is 2.38 bits per heavy atom. The third-order valence-electron chi connectivity index (χ3n) is 6.28. The first-order valence-corrected chi connectivity index (χ1v) is 12.1. The summed E-state index contributed by atoms with van der Waals surface area (Å²) in [5, 5.41) is 2.77. The fourth-order valence-corrected chi connectivity index (χ4v) is 4.41. The maximum Gasteiger partial charge on any atom is 0.261 e. The molecule has 2 atom stereocenters. The van der Waals surface area contributed by atoms with Crippen molar-refractivity contribution in [3.63, 3.8) is 0 Å². The van der Waals surface area contributed by atoms with Gasteiger partial charge in [-0.1, -0.05) is 24.3 Å². The SMILES string of the molecule is C=CC[C@@H](NC(=O)[C@@H]1CCCN1C(=O)CCC(=O)N1CCCCC1)C(=O)NNc1ccccc1. The number of hydrogen-bond donors (Lipinski definition) is 3. The summed E-state index contributed by atoms with van der Waals surface area (Å²) >= 11 is 0. The fraction of sp³-hybridized carbons (Fsp3) is 0.520. The number of hydrogen-bond acceptors (Lipinski definition) is 5. The normalized spacial score (nSPS) is 18.6. The van der Waals surface area contributed by atoms with Crippen LogP contribution >= 0.6 is 0 Å². The lowest BCUT2D eigenvalue weighted by molar-refractivity contribution is -0.141. The molecule has 1 aromatic rings. The average Bonchev–Trinajstić information content (AvgIpc) is 3.37. The van der Waals surface area contributed by atoms with Crippen molar-refractivity contribution in [3.8, 4) is 0 Å². The van der Waals surface area contributed by atoms with E-state index < -0.39 is 18.0 Å². The second-order valence-electron chi connectivity index (χ2n) is 8.75. The molecule has 4 amide bonds. The van der Waals surface area contributed by atoms with Crippen LogP contribution in [0.4, 0.5) is 5.69 Å². The maximum absolute atomic E-state index is 13.0. The van der Waals surface area contributed by atoms with Crippen LogP contribution in [-0.4, -0.2) is 65.1 Å². The van der Waals surface area contributed by atoms with Crippen molar-refractivity contribution >= 4 is 29.3 Å². The molecule has 9 nitrogen and oxygen atoms in total. The zero-order valence-electron chi connectivity index (χ0n) is 19.6. The largest absolute Gasteiger partial charge is 0.343 e. The molecule has 9 heteroatoms. The van der Waals surface area contributed by atoms with Gasteiger partial charge in [-0.25, -0.2) is 0 Å². The molecule has 0 radical (unpaired) electrons. The van der Waals surface area contributed by atoms with Gasteiger partial charge in [0.1, 0.15) is 12.1 Å². The van der Waals surface area contributed by atoms with Crippen LogP contribution in [0.3, 0.4) is 0 Å².